The zero-order chi connectivity index (χ0) is 11.8. The highest BCUT2D eigenvalue weighted by molar-refractivity contribution is 4.78. The van der Waals surface area contributed by atoms with Crippen LogP contribution in [0.3, 0.4) is 0 Å². The van der Waals surface area contributed by atoms with Gasteiger partial charge in [0.2, 0.25) is 0 Å². The fraction of sp³-hybridized carbons (Fsp3) is 1.00. The number of hydrogen-bond acceptors (Lipinski definition) is 3. The molecule has 0 aromatic carbocycles. The Kier molecular flexibility index (Phi) is 7.01. The number of nitrogens with two attached hydrogens (primary N) is 1. The third kappa shape index (κ3) is 4.81. The minimum Gasteiger partial charge on any atom is -0.385 e. The maximum absolute atomic E-state index is 5.85. The van der Waals surface area contributed by atoms with Crippen LogP contribution in [0.5, 0.6) is 0 Å². The maximum Gasteiger partial charge on any atom is 0.0474 e. The smallest absolute Gasteiger partial charge is 0.0474 e. The molecule has 0 radical (unpaired) electrons. The van der Waals surface area contributed by atoms with Crippen molar-refractivity contribution in [2.75, 3.05) is 40.4 Å². The van der Waals surface area contributed by atoms with E-state index in [9.17, 15) is 0 Å². The van der Waals surface area contributed by atoms with Crippen LogP contribution in [-0.4, -0.2) is 45.3 Å². The van der Waals surface area contributed by atoms with E-state index in [-0.39, 0.29) is 0 Å². The Labute approximate surface area is 100 Å². The normalized spacial score (nSPS) is 26.2. The molecule has 2 unspecified atom stereocenters. The van der Waals surface area contributed by atoms with Crippen LogP contribution in [0.25, 0.3) is 0 Å². The largest absolute Gasteiger partial charge is 0.385 e. The monoisotopic (exact) mass is 228 g/mol. The number of ether oxygens (including phenoxy) is 1. The fourth-order valence-corrected chi connectivity index (χ4v) is 2.81. The summed E-state index contributed by atoms with van der Waals surface area (Å²) in [5.74, 6) is 1.59. The number of rotatable bonds is 7. The van der Waals surface area contributed by atoms with E-state index in [1.54, 1.807) is 7.11 Å². The minimum atomic E-state index is 0.763. The minimum absolute atomic E-state index is 0.763. The lowest BCUT2D eigenvalue weighted by atomic mass is 9.79. The van der Waals surface area contributed by atoms with Gasteiger partial charge in [0.05, 0.1) is 0 Å². The van der Waals surface area contributed by atoms with Gasteiger partial charge < -0.3 is 15.4 Å². The second kappa shape index (κ2) is 8.04. The molecule has 3 heteroatoms. The molecular weight excluding hydrogens is 200 g/mol. The van der Waals surface area contributed by atoms with Crippen LogP contribution in [0, 0.1) is 11.8 Å². The molecule has 16 heavy (non-hydrogen) atoms. The zero-order valence-corrected chi connectivity index (χ0v) is 11.0. The van der Waals surface area contributed by atoms with Crippen molar-refractivity contribution in [2.24, 2.45) is 17.6 Å². The molecule has 0 aliphatic heterocycles. The quantitative estimate of drug-likeness (QED) is 0.674. The highest BCUT2D eigenvalue weighted by Gasteiger charge is 2.24. The zero-order valence-electron chi connectivity index (χ0n) is 11.0. The fourth-order valence-electron chi connectivity index (χ4n) is 2.81. The third-order valence-corrected chi connectivity index (χ3v) is 3.80. The Morgan fingerprint density at radius 3 is 2.56 bits per heavy atom. The maximum atomic E-state index is 5.85. The summed E-state index contributed by atoms with van der Waals surface area (Å²) in [6.07, 6.45) is 6.62. The van der Waals surface area contributed by atoms with Crippen LogP contribution in [0.4, 0.5) is 0 Å². The molecule has 1 fully saturated rings. The summed E-state index contributed by atoms with van der Waals surface area (Å²) in [5, 5.41) is 0. The first-order chi connectivity index (χ1) is 7.77. The molecule has 96 valence electrons. The molecule has 0 heterocycles. The molecule has 0 saturated heterocycles. The van der Waals surface area contributed by atoms with E-state index in [0.717, 1.165) is 38.0 Å². The second-order valence-electron chi connectivity index (χ2n) is 5.15. The molecule has 1 saturated carbocycles. The summed E-state index contributed by atoms with van der Waals surface area (Å²) < 4.78 is 5.08. The number of hydrogen-bond donors (Lipinski definition) is 1. The molecule has 3 nitrogen and oxygen atoms in total. The molecule has 0 aromatic heterocycles. The molecule has 2 N–H and O–H groups in total. The SMILES string of the molecule is COCCCN(C)CC1CCCCC1CN. The lowest BCUT2D eigenvalue weighted by Crippen LogP contribution is -2.36. The standard InChI is InChI=1S/C13H28N2O/c1-15(8-5-9-16-2)11-13-7-4-3-6-12(13)10-14/h12-13H,3-11,14H2,1-2H3. The predicted octanol–water partition coefficient (Wildman–Crippen LogP) is 1.72. The van der Waals surface area contributed by atoms with Gasteiger partial charge in [0.25, 0.3) is 0 Å². The topological polar surface area (TPSA) is 38.5 Å². The molecule has 0 aromatic rings. The van der Waals surface area contributed by atoms with Crippen LogP contribution < -0.4 is 5.73 Å². The van der Waals surface area contributed by atoms with Crippen molar-refractivity contribution in [3.8, 4) is 0 Å². The Morgan fingerprint density at radius 2 is 1.94 bits per heavy atom. The molecule has 1 aliphatic carbocycles. The van der Waals surface area contributed by atoms with E-state index in [2.05, 4.69) is 11.9 Å². The average Bonchev–Trinajstić information content (AvgIpc) is 2.30. The van der Waals surface area contributed by atoms with E-state index in [1.807, 2.05) is 0 Å². The van der Waals surface area contributed by atoms with Crippen LogP contribution in [0.15, 0.2) is 0 Å². The molecule has 0 amide bonds. The van der Waals surface area contributed by atoms with E-state index < -0.39 is 0 Å². The molecular formula is C13H28N2O. The van der Waals surface area contributed by atoms with Crippen LogP contribution >= 0.6 is 0 Å². The van der Waals surface area contributed by atoms with Crippen molar-refractivity contribution >= 4 is 0 Å². The van der Waals surface area contributed by atoms with Gasteiger partial charge >= 0.3 is 0 Å². The van der Waals surface area contributed by atoms with Gasteiger partial charge in [-0.05, 0) is 44.7 Å². The highest BCUT2D eigenvalue weighted by atomic mass is 16.5. The molecule has 1 rings (SSSR count). The first kappa shape index (κ1) is 13.9. The summed E-state index contributed by atoms with van der Waals surface area (Å²) in [6.45, 7) is 4.10. The molecule has 0 bridgehead atoms. The Balaban J connectivity index is 2.22. The van der Waals surface area contributed by atoms with Crippen LogP contribution in [0.1, 0.15) is 32.1 Å². The summed E-state index contributed by atoms with van der Waals surface area (Å²) in [6, 6.07) is 0. The third-order valence-electron chi connectivity index (χ3n) is 3.80. The van der Waals surface area contributed by atoms with E-state index in [0.29, 0.717) is 0 Å². The highest BCUT2D eigenvalue weighted by Crippen LogP contribution is 2.29. The Morgan fingerprint density at radius 1 is 1.25 bits per heavy atom. The summed E-state index contributed by atoms with van der Waals surface area (Å²) in [4.78, 5) is 2.44. The van der Waals surface area contributed by atoms with E-state index >= 15 is 0 Å². The summed E-state index contributed by atoms with van der Waals surface area (Å²) >= 11 is 0. The van der Waals surface area contributed by atoms with Crippen molar-refractivity contribution in [1.82, 2.24) is 4.90 Å². The van der Waals surface area contributed by atoms with Gasteiger partial charge in [-0.2, -0.15) is 0 Å². The van der Waals surface area contributed by atoms with Crippen molar-refractivity contribution in [3.63, 3.8) is 0 Å². The summed E-state index contributed by atoms with van der Waals surface area (Å²) in [7, 11) is 3.99. The van der Waals surface area contributed by atoms with Crippen molar-refractivity contribution in [2.45, 2.75) is 32.1 Å². The molecule has 2 atom stereocenters. The van der Waals surface area contributed by atoms with Gasteiger partial charge in [-0.3, -0.25) is 0 Å². The van der Waals surface area contributed by atoms with Crippen molar-refractivity contribution in [3.05, 3.63) is 0 Å². The van der Waals surface area contributed by atoms with E-state index in [4.69, 9.17) is 10.5 Å². The molecule has 1 aliphatic rings. The Hall–Kier alpha value is -0.120. The lowest BCUT2D eigenvalue weighted by Gasteiger charge is -2.33. The van der Waals surface area contributed by atoms with Gasteiger partial charge in [-0.15, -0.1) is 0 Å². The number of methoxy groups -OCH3 is 1. The lowest BCUT2D eigenvalue weighted by molar-refractivity contribution is 0.150. The van der Waals surface area contributed by atoms with Crippen LogP contribution in [0.2, 0.25) is 0 Å². The second-order valence-corrected chi connectivity index (χ2v) is 5.15. The Bertz CT molecular complexity index is 175. The first-order valence-electron chi connectivity index (χ1n) is 6.65. The van der Waals surface area contributed by atoms with Gasteiger partial charge in [-0.25, -0.2) is 0 Å². The molecule has 0 spiro atoms. The average molecular weight is 228 g/mol. The number of nitrogens with zero attached hydrogens (tertiary/aromatic N) is 1. The van der Waals surface area contributed by atoms with Crippen molar-refractivity contribution < 1.29 is 4.74 Å². The van der Waals surface area contributed by atoms with Crippen LogP contribution in [-0.2, 0) is 4.74 Å². The predicted molar refractivity (Wildman–Crippen MR) is 68.5 cm³/mol. The first-order valence-corrected chi connectivity index (χ1v) is 6.65. The van der Waals surface area contributed by atoms with E-state index in [1.165, 1.54) is 32.2 Å². The van der Waals surface area contributed by atoms with Gasteiger partial charge in [0, 0.05) is 26.8 Å². The van der Waals surface area contributed by atoms with Gasteiger partial charge in [-0.1, -0.05) is 12.8 Å². The van der Waals surface area contributed by atoms with Gasteiger partial charge in [0.1, 0.15) is 0 Å². The van der Waals surface area contributed by atoms with Crippen molar-refractivity contribution in [1.29, 1.82) is 0 Å². The summed E-state index contributed by atoms with van der Waals surface area (Å²) in [5.41, 5.74) is 5.85. The van der Waals surface area contributed by atoms with Gasteiger partial charge in [0.15, 0.2) is 0 Å².